The topological polar surface area (TPSA) is 28.7 Å². The Balaban J connectivity index is 1.92. The van der Waals surface area contributed by atoms with Gasteiger partial charge in [0.15, 0.2) is 0 Å². The molecule has 0 atom stereocenters. The van der Waals surface area contributed by atoms with E-state index in [1.807, 2.05) is 6.20 Å². The minimum atomic E-state index is 0.194. The maximum absolute atomic E-state index is 4.40. The first-order valence-corrected chi connectivity index (χ1v) is 7.71. The average Bonchev–Trinajstić information content (AvgIpc) is 2.86. The minimum Gasteiger partial charge on any atom is -0.359 e. The van der Waals surface area contributed by atoms with Gasteiger partial charge in [-0.3, -0.25) is 4.98 Å². The molecule has 3 aromatic rings. The molecule has 0 radical (unpaired) electrons. The largest absolute Gasteiger partial charge is 0.359 e. The Kier molecular flexibility index (Phi) is 2.68. The van der Waals surface area contributed by atoms with Crippen molar-refractivity contribution < 1.29 is 0 Å². The Morgan fingerprint density at radius 1 is 1.05 bits per heavy atom. The van der Waals surface area contributed by atoms with Crippen molar-refractivity contribution in [3.8, 4) is 0 Å². The number of nitrogens with one attached hydrogen (secondary N) is 1. The number of pyridine rings is 1. The molecule has 1 aromatic carbocycles. The SMILES string of the molecule is Cc1ccc(C2(c3c[nH]c4c(C)nccc34)CCC2)cc1. The lowest BCUT2D eigenvalue weighted by atomic mass is 9.60. The predicted molar refractivity (Wildman–Crippen MR) is 86.6 cm³/mol. The first kappa shape index (κ1) is 12.6. The molecule has 1 aliphatic rings. The lowest BCUT2D eigenvalue weighted by Gasteiger charge is -2.42. The maximum atomic E-state index is 4.40. The van der Waals surface area contributed by atoms with Crippen molar-refractivity contribution in [3.63, 3.8) is 0 Å². The molecule has 2 nitrogen and oxygen atoms in total. The van der Waals surface area contributed by atoms with Crippen LogP contribution < -0.4 is 0 Å². The average molecular weight is 276 g/mol. The van der Waals surface area contributed by atoms with Crippen LogP contribution in [0.1, 0.15) is 41.6 Å². The van der Waals surface area contributed by atoms with Crippen LogP contribution in [0, 0.1) is 13.8 Å². The molecule has 2 heteroatoms. The van der Waals surface area contributed by atoms with E-state index in [0.717, 1.165) is 5.69 Å². The van der Waals surface area contributed by atoms with Crippen LogP contribution in [0.4, 0.5) is 0 Å². The summed E-state index contributed by atoms with van der Waals surface area (Å²) < 4.78 is 0. The van der Waals surface area contributed by atoms with E-state index in [1.54, 1.807) is 0 Å². The van der Waals surface area contributed by atoms with E-state index >= 15 is 0 Å². The van der Waals surface area contributed by atoms with Crippen molar-refractivity contribution in [2.45, 2.75) is 38.5 Å². The van der Waals surface area contributed by atoms with Gasteiger partial charge in [0.2, 0.25) is 0 Å². The fraction of sp³-hybridized carbons (Fsp3) is 0.316. The van der Waals surface area contributed by atoms with Gasteiger partial charge in [-0.15, -0.1) is 0 Å². The number of benzene rings is 1. The number of aromatic nitrogens is 2. The van der Waals surface area contributed by atoms with Crippen LogP contribution in [0.3, 0.4) is 0 Å². The molecule has 0 unspecified atom stereocenters. The summed E-state index contributed by atoms with van der Waals surface area (Å²) in [6.07, 6.45) is 7.92. The molecule has 0 spiro atoms. The minimum absolute atomic E-state index is 0.194. The molecule has 1 N–H and O–H groups in total. The second-order valence-electron chi connectivity index (χ2n) is 6.32. The first-order valence-electron chi connectivity index (χ1n) is 7.71. The third kappa shape index (κ3) is 1.75. The lowest BCUT2D eigenvalue weighted by Crippen LogP contribution is -2.35. The zero-order valence-electron chi connectivity index (χ0n) is 12.6. The molecule has 0 amide bonds. The van der Waals surface area contributed by atoms with Crippen LogP contribution >= 0.6 is 0 Å². The normalized spacial score (nSPS) is 16.9. The summed E-state index contributed by atoms with van der Waals surface area (Å²) in [5, 5.41) is 1.34. The molecule has 2 aromatic heterocycles. The van der Waals surface area contributed by atoms with Crippen molar-refractivity contribution in [1.82, 2.24) is 9.97 Å². The van der Waals surface area contributed by atoms with E-state index < -0.39 is 0 Å². The van der Waals surface area contributed by atoms with Gasteiger partial charge in [-0.05, 0) is 43.9 Å². The molecule has 1 saturated carbocycles. The van der Waals surface area contributed by atoms with E-state index in [-0.39, 0.29) is 5.41 Å². The number of hydrogen-bond donors (Lipinski definition) is 1. The van der Waals surface area contributed by atoms with Gasteiger partial charge < -0.3 is 4.98 Å². The highest BCUT2D eigenvalue weighted by Crippen LogP contribution is 2.51. The standard InChI is InChI=1S/C19H20N2/c1-13-4-6-15(7-5-13)19(9-3-10-19)17-12-21-18-14(2)20-11-8-16(17)18/h4-8,11-12,21H,3,9-10H2,1-2H3. The number of hydrogen-bond acceptors (Lipinski definition) is 1. The summed E-state index contributed by atoms with van der Waals surface area (Å²) in [6, 6.07) is 11.2. The Bertz CT molecular complexity index is 792. The molecule has 21 heavy (non-hydrogen) atoms. The zero-order valence-corrected chi connectivity index (χ0v) is 12.6. The van der Waals surface area contributed by atoms with Crippen LogP contribution in [0.5, 0.6) is 0 Å². The summed E-state index contributed by atoms with van der Waals surface area (Å²) >= 11 is 0. The quantitative estimate of drug-likeness (QED) is 0.725. The predicted octanol–water partition coefficient (Wildman–Crippen LogP) is 4.65. The number of fused-ring (bicyclic) bond motifs is 1. The van der Waals surface area contributed by atoms with Gasteiger partial charge in [0.25, 0.3) is 0 Å². The van der Waals surface area contributed by atoms with Gasteiger partial charge in [0, 0.05) is 23.2 Å². The highest BCUT2D eigenvalue weighted by molar-refractivity contribution is 5.86. The van der Waals surface area contributed by atoms with Gasteiger partial charge in [-0.1, -0.05) is 36.2 Å². The molecule has 0 bridgehead atoms. The molecule has 4 rings (SSSR count). The molecule has 0 aliphatic heterocycles. The second kappa shape index (κ2) is 4.45. The Hall–Kier alpha value is -2.09. The number of rotatable bonds is 2. The van der Waals surface area contributed by atoms with Crippen molar-refractivity contribution in [1.29, 1.82) is 0 Å². The van der Waals surface area contributed by atoms with Crippen LogP contribution in [-0.4, -0.2) is 9.97 Å². The zero-order chi connectivity index (χ0) is 14.4. The van der Waals surface area contributed by atoms with Crippen LogP contribution in [0.15, 0.2) is 42.7 Å². The summed E-state index contributed by atoms with van der Waals surface area (Å²) in [5.41, 5.74) is 6.68. The van der Waals surface area contributed by atoms with Gasteiger partial charge in [0.1, 0.15) is 0 Å². The molecule has 1 aliphatic carbocycles. The van der Waals surface area contributed by atoms with Crippen molar-refractivity contribution in [2.75, 3.05) is 0 Å². The number of aromatic amines is 1. The Morgan fingerprint density at radius 2 is 1.81 bits per heavy atom. The monoisotopic (exact) mass is 276 g/mol. The summed E-state index contributed by atoms with van der Waals surface area (Å²) in [4.78, 5) is 7.85. The van der Waals surface area contributed by atoms with E-state index in [1.165, 1.54) is 46.9 Å². The molecular formula is C19H20N2. The Labute approximate surface area is 125 Å². The molecular weight excluding hydrogens is 256 g/mol. The number of nitrogens with zero attached hydrogens (tertiary/aromatic N) is 1. The van der Waals surface area contributed by atoms with Crippen LogP contribution in [0.25, 0.3) is 10.9 Å². The Morgan fingerprint density at radius 3 is 2.48 bits per heavy atom. The first-order chi connectivity index (χ1) is 10.2. The third-order valence-electron chi connectivity index (χ3n) is 5.12. The summed E-state index contributed by atoms with van der Waals surface area (Å²) in [5.74, 6) is 0. The fourth-order valence-corrected chi connectivity index (χ4v) is 3.71. The fourth-order valence-electron chi connectivity index (χ4n) is 3.71. The highest BCUT2D eigenvalue weighted by atomic mass is 14.8. The van der Waals surface area contributed by atoms with Gasteiger partial charge in [0.05, 0.1) is 11.2 Å². The third-order valence-corrected chi connectivity index (χ3v) is 5.12. The van der Waals surface area contributed by atoms with Crippen molar-refractivity contribution in [3.05, 3.63) is 65.1 Å². The summed E-state index contributed by atoms with van der Waals surface area (Å²) in [7, 11) is 0. The van der Waals surface area contributed by atoms with Crippen LogP contribution in [-0.2, 0) is 5.41 Å². The summed E-state index contributed by atoms with van der Waals surface area (Å²) in [6.45, 7) is 4.22. The van der Waals surface area contributed by atoms with Crippen LogP contribution in [0.2, 0.25) is 0 Å². The molecule has 0 saturated heterocycles. The van der Waals surface area contributed by atoms with Gasteiger partial charge >= 0.3 is 0 Å². The van der Waals surface area contributed by atoms with Crippen molar-refractivity contribution in [2.24, 2.45) is 0 Å². The highest BCUT2D eigenvalue weighted by Gasteiger charge is 2.41. The van der Waals surface area contributed by atoms with Gasteiger partial charge in [-0.2, -0.15) is 0 Å². The smallest absolute Gasteiger partial charge is 0.0673 e. The lowest BCUT2D eigenvalue weighted by molar-refractivity contribution is 0.304. The maximum Gasteiger partial charge on any atom is 0.0673 e. The second-order valence-corrected chi connectivity index (χ2v) is 6.32. The van der Waals surface area contributed by atoms with E-state index in [4.69, 9.17) is 0 Å². The van der Waals surface area contributed by atoms with Crippen molar-refractivity contribution >= 4 is 10.9 Å². The number of aryl methyl sites for hydroxylation is 2. The van der Waals surface area contributed by atoms with Gasteiger partial charge in [-0.25, -0.2) is 0 Å². The molecule has 106 valence electrons. The van der Waals surface area contributed by atoms with E-state index in [2.05, 4.69) is 60.3 Å². The van der Waals surface area contributed by atoms with E-state index in [9.17, 15) is 0 Å². The molecule has 1 fully saturated rings. The van der Waals surface area contributed by atoms with E-state index in [0.29, 0.717) is 0 Å². The molecule has 2 heterocycles. The number of H-pyrrole nitrogens is 1.